The number of imidazole rings is 1. The molecule has 0 saturated heterocycles. The zero-order chi connectivity index (χ0) is 11.0. The van der Waals surface area contributed by atoms with Crippen LogP contribution in [-0.2, 0) is 6.42 Å². The van der Waals surface area contributed by atoms with Crippen LogP contribution in [0.1, 0.15) is 5.56 Å². The highest BCUT2D eigenvalue weighted by atomic mass is 32.1. The van der Waals surface area contributed by atoms with Crippen LogP contribution in [0.5, 0.6) is 0 Å². The van der Waals surface area contributed by atoms with Gasteiger partial charge in [-0.15, -0.1) is 0 Å². The van der Waals surface area contributed by atoms with Gasteiger partial charge in [0.25, 0.3) is 0 Å². The molecule has 80 valence electrons. The Morgan fingerprint density at radius 1 is 1.31 bits per heavy atom. The van der Waals surface area contributed by atoms with Gasteiger partial charge >= 0.3 is 0 Å². The number of hydrogen-bond acceptors (Lipinski definition) is 2. The Labute approximate surface area is 99.3 Å². The minimum absolute atomic E-state index is 0.794. The molecular weight excluding hydrogens is 218 g/mol. The van der Waals surface area contributed by atoms with Crippen molar-refractivity contribution in [3.8, 4) is 0 Å². The molecule has 0 saturated carbocycles. The Bertz CT molecular complexity index is 519. The summed E-state index contributed by atoms with van der Waals surface area (Å²) in [5.74, 6) is 0. The van der Waals surface area contributed by atoms with Crippen molar-refractivity contribution in [1.29, 1.82) is 0 Å². The van der Waals surface area contributed by atoms with Crippen LogP contribution in [0.15, 0.2) is 43.0 Å². The van der Waals surface area contributed by atoms with Crippen molar-refractivity contribution in [2.75, 3.05) is 11.4 Å². The summed E-state index contributed by atoms with van der Waals surface area (Å²) in [6.45, 7) is 0.955. The molecule has 0 unspecified atom stereocenters. The third-order valence-electron chi connectivity index (χ3n) is 2.84. The first-order valence-corrected chi connectivity index (χ1v) is 5.65. The van der Waals surface area contributed by atoms with E-state index in [0.29, 0.717) is 0 Å². The van der Waals surface area contributed by atoms with Crippen molar-refractivity contribution in [2.45, 2.75) is 6.42 Å². The van der Waals surface area contributed by atoms with E-state index in [2.05, 4.69) is 28.1 Å². The molecular formula is C12H11N3S. The maximum atomic E-state index is 5.46. The number of benzene rings is 1. The Morgan fingerprint density at radius 2 is 2.19 bits per heavy atom. The first-order valence-electron chi connectivity index (χ1n) is 5.24. The Hall–Kier alpha value is -1.68. The normalized spacial score (nSPS) is 13.9. The summed E-state index contributed by atoms with van der Waals surface area (Å²) in [6, 6.07) is 8.40. The lowest BCUT2D eigenvalue weighted by molar-refractivity contribution is 0.987. The van der Waals surface area contributed by atoms with E-state index in [4.69, 9.17) is 12.2 Å². The van der Waals surface area contributed by atoms with Gasteiger partial charge in [0.05, 0.1) is 0 Å². The van der Waals surface area contributed by atoms with Crippen LogP contribution in [0, 0.1) is 0 Å². The van der Waals surface area contributed by atoms with Crippen LogP contribution in [0.25, 0.3) is 0 Å². The molecule has 0 spiro atoms. The molecule has 0 bridgehead atoms. The lowest BCUT2D eigenvalue weighted by Gasteiger charge is -2.20. The molecule has 0 atom stereocenters. The average Bonchev–Trinajstić information content (AvgIpc) is 2.98. The van der Waals surface area contributed by atoms with Gasteiger partial charge in [0, 0.05) is 24.6 Å². The molecule has 16 heavy (non-hydrogen) atoms. The van der Waals surface area contributed by atoms with Crippen LogP contribution in [-0.4, -0.2) is 21.2 Å². The zero-order valence-electron chi connectivity index (χ0n) is 8.71. The quantitative estimate of drug-likeness (QED) is 0.645. The number of fused-ring (bicyclic) bond motifs is 1. The number of anilines is 1. The minimum atomic E-state index is 0.794. The summed E-state index contributed by atoms with van der Waals surface area (Å²) in [5, 5.41) is 0.794. The second-order valence-corrected chi connectivity index (χ2v) is 4.15. The number of aromatic nitrogens is 2. The Morgan fingerprint density at radius 3 is 3.00 bits per heavy atom. The molecule has 4 heteroatoms. The van der Waals surface area contributed by atoms with Gasteiger partial charge in [-0.3, -0.25) is 4.57 Å². The van der Waals surface area contributed by atoms with Crippen molar-refractivity contribution in [2.24, 2.45) is 0 Å². The second-order valence-electron chi connectivity index (χ2n) is 3.78. The first-order chi connectivity index (χ1) is 7.86. The van der Waals surface area contributed by atoms with Gasteiger partial charge in [0.2, 0.25) is 0 Å². The molecule has 2 aromatic rings. The van der Waals surface area contributed by atoms with Crippen LogP contribution in [0.2, 0.25) is 0 Å². The summed E-state index contributed by atoms with van der Waals surface area (Å²) >= 11 is 5.46. The van der Waals surface area contributed by atoms with Crippen molar-refractivity contribution >= 4 is 23.0 Å². The lowest BCUT2D eigenvalue weighted by atomic mass is 10.2. The standard InChI is InChI=1S/C12H11N3S/c16-12(14-8-6-13-9-14)15-7-5-10-3-1-2-4-11(10)15/h1-4,6,8-9H,5,7H2. The van der Waals surface area contributed by atoms with E-state index in [-0.39, 0.29) is 0 Å². The van der Waals surface area contributed by atoms with E-state index >= 15 is 0 Å². The van der Waals surface area contributed by atoms with Crippen molar-refractivity contribution < 1.29 is 0 Å². The maximum Gasteiger partial charge on any atom is 0.185 e. The van der Waals surface area contributed by atoms with E-state index in [1.54, 1.807) is 12.5 Å². The van der Waals surface area contributed by atoms with Crippen LogP contribution < -0.4 is 4.90 Å². The van der Waals surface area contributed by atoms with E-state index in [9.17, 15) is 0 Å². The van der Waals surface area contributed by atoms with Gasteiger partial charge in [-0.25, -0.2) is 4.98 Å². The van der Waals surface area contributed by atoms with E-state index < -0.39 is 0 Å². The molecule has 0 fully saturated rings. The van der Waals surface area contributed by atoms with Gasteiger partial charge in [-0.1, -0.05) is 18.2 Å². The topological polar surface area (TPSA) is 21.1 Å². The summed E-state index contributed by atoms with van der Waals surface area (Å²) in [5.41, 5.74) is 2.59. The van der Waals surface area contributed by atoms with Gasteiger partial charge < -0.3 is 4.90 Å². The zero-order valence-corrected chi connectivity index (χ0v) is 9.52. The number of rotatable bonds is 0. The number of thiocarbonyl (C=S) groups is 1. The van der Waals surface area contributed by atoms with Crippen molar-refractivity contribution in [1.82, 2.24) is 9.55 Å². The molecule has 0 aliphatic carbocycles. The van der Waals surface area contributed by atoms with Gasteiger partial charge in [0.1, 0.15) is 6.33 Å². The van der Waals surface area contributed by atoms with Crippen molar-refractivity contribution in [3.05, 3.63) is 48.5 Å². The van der Waals surface area contributed by atoms with Gasteiger partial charge in [-0.2, -0.15) is 0 Å². The number of hydrogen-bond donors (Lipinski definition) is 0. The molecule has 1 aromatic heterocycles. The highest BCUT2D eigenvalue weighted by Gasteiger charge is 2.22. The van der Waals surface area contributed by atoms with E-state index in [1.165, 1.54) is 11.3 Å². The van der Waals surface area contributed by atoms with E-state index in [1.807, 2.05) is 16.8 Å². The molecule has 3 rings (SSSR count). The number of nitrogens with zero attached hydrogens (tertiary/aromatic N) is 3. The maximum absolute atomic E-state index is 5.46. The third kappa shape index (κ3) is 1.42. The lowest BCUT2D eigenvalue weighted by Crippen LogP contribution is -2.32. The summed E-state index contributed by atoms with van der Waals surface area (Å²) in [7, 11) is 0. The monoisotopic (exact) mass is 229 g/mol. The highest BCUT2D eigenvalue weighted by Crippen LogP contribution is 2.27. The number of para-hydroxylation sites is 1. The van der Waals surface area contributed by atoms with Crippen LogP contribution in [0.3, 0.4) is 0 Å². The molecule has 3 nitrogen and oxygen atoms in total. The Balaban J connectivity index is 1.96. The molecule has 1 aliphatic rings. The molecule has 1 aliphatic heterocycles. The van der Waals surface area contributed by atoms with Crippen molar-refractivity contribution in [3.63, 3.8) is 0 Å². The first kappa shape index (κ1) is 9.54. The average molecular weight is 229 g/mol. The summed E-state index contributed by atoms with van der Waals surface area (Å²) < 4.78 is 1.87. The molecule has 0 amide bonds. The molecule has 0 N–H and O–H groups in total. The Kier molecular flexibility index (Phi) is 2.22. The highest BCUT2D eigenvalue weighted by molar-refractivity contribution is 7.80. The predicted octanol–water partition coefficient (Wildman–Crippen LogP) is 2.08. The SMILES string of the molecule is S=C(N1CCc2ccccc21)n1ccnc1. The van der Waals surface area contributed by atoms with Gasteiger partial charge in [0.15, 0.2) is 5.11 Å². The van der Waals surface area contributed by atoms with E-state index in [0.717, 1.165) is 18.1 Å². The fraction of sp³-hybridized carbons (Fsp3) is 0.167. The predicted molar refractivity (Wildman–Crippen MR) is 67.7 cm³/mol. The fourth-order valence-corrected chi connectivity index (χ4v) is 2.35. The fourth-order valence-electron chi connectivity index (χ4n) is 2.05. The smallest absolute Gasteiger partial charge is 0.185 e. The minimum Gasteiger partial charge on any atom is -0.318 e. The van der Waals surface area contributed by atoms with Crippen LogP contribution in [0.4, 0.5) is 5.69 Å². The summed E-state index contributed by atoms with van der Waals surface area (Å²) in [4.78, 5) is 6.18. The molecule has 0 radical (unpaired) electrons. The van der Waals surface area contributed by atoms with Gasteiger partial charge in [-0.05, 0) is 30.3 Å². The molecule has 1 aromatic carbocycles. The third-order valence-corrected chi connectivity index (χ3v) is 3.27. The molecule has 2 heterocycles. The summed E-state index contributed by atoms with van der Waals surface area (Å²) in [6.07, 6.45) is 6.42. The second kappa shape index (κ2) is 3.72. The van der Waals surface area contributed by atoms with Crippen LogP contribution >= 0.6 is 12.2 Å². The largest absolute Gasteiger partial charge is 0.318 e.